The number of benzene rings is 1. The lowest BCUT2D eigenvalue weighted by atomic mass is 10.1. The van der Waals surface area contributed by atoms with Gasteiger partial charge in [0.1, 0.15) is 6.04 Å². The molecule has 0 bridgehead atoms. The zero-order chi connectivity index (χ0) is 12.7. The zero-order valence-corrected chi connectivity index (χ0v) is 9.97. The minimum Gasteiger partial charge on any atom is -0.480 e. The molecule has 0 fully saturated rings. The highest BCUT2D eigenvalue weighted by Gasteiger charge is 2.17. The third-order valence-corrected chi connectivity index (χ3v) is 2.61. The van der Waals surface area contributed by atoms with Gasteiger partial charge >= 0.3 is 5.97 Å². The number of carbonyl (C=O) groups is 1. The van der Waals surface area contributed by atoms with Crippen molar-refractivity contribution in [2.75, 3.05) is 13.2 Å². The van der Waals surface area contributed by atoms with Crippen LogP contribution in [0.4, 0.5) is 0 Å². The van der Waals surface area contributed by atoms with Gasteiger partial charge in [0.25, 0.3) is 0 Å². The summed E-state index contributed by atoms with van der Waals surface area (Å²) in [6.07, 6.45) is 0.453. The van der Waals surface area contributed by atoms with E-state index in [0.717, 1.165) is 5.56 Å². The molecule has 0 unspecified atom stereocenters. The second kappa shape index (κ2) is 7.04. The van der Waals surface area contributed by atoms with E-state index in [1.165, 1.54) is 0 Å². The molecule has 0 aliphatic carbocycles. The van der Waals surface area contributed by atoms with E-state index in [1.807, 2.05) is 37.3 Å². The minimum absolute atomic E-state index is 0.0602. The van der Waals surface area contributed by atoms with Crippen molar-refractivity contribution < 1.29 is 15.0 Å². The summed E-state index contributed by atoms with van der Waals surface area (Å²) in [5.41, 5.74) is 0.990. The first-order valence-corrected chi connectivity index (χ1v) is 5.74. The molecule has 0 saturated heterocycles. The molecule has 0 aromatic heterocycles. The van der Waals surface area contributed by atoms with E-state index in [0.29, 0.717) is 13.0 Å². The second-order valence-corrected chi connectivity index (χ2v) is 4.28. The Morgan fingerprint density at radius 1 is 1.35 bits per heavy atom. The summed E-state index contributed by atoms with van der Waals surface area (Å²) in [7, 11) is 0. The number of carboxylic acid groups (broad SMARTS) is 1. The van der Waals surface area contributed by atoms with Gasteiger partial charge in [0.05, 0.1) is 0 Å². The summed E-state index contributed by atoms with van der Waals surface area (Å²) < 4.78 is 0. The van der Waals surface area contributed by atoms with Crippen LogP contribution in [0.15, 0.2) is 30.3 Å². The van der Waals surface area contributed by atoms with Crippen molar-refractivity contribution in [2.24, 2.45) is 5.92 Å². The second-order valence-electron chi connectivity index (χ2n) is 4.28. The van der Waals surface area contributed by atoms with Gasteiger partial charge in [-0.2, -0.15) is 0 Å². The van der Waals surface area contributed by atoms with E-state index in [9.17, 15) is 4.79 Å². The number of aliphatic carboxylic acids is 1. The Bertz CT molecular complexity index is 340. The topological polar surface area (TPSA) is 69.6 Å². The summed E-state index contributed by atoms with van der Waals surface area (Å²) in [5, 5.41) is 20.9. The summed E-state index contributed by atoms with van der Waals surface area (Å²) >= 11 is 0. The lowest BCUT2D eigenvalue weighted by Gasteiger charge is -2.16. The van der Waals surface area contributed by atoms with E-state index in [1.54, 1.807) is 0 Å². The van der Waals surface area contributed by atoms with Crippen molar-refractivity contribution in [2.45, 2.75) is 19.4 Å². The molecule has 0 aliphatic heterocycles. The van der Waals surface area contributed by atoms with Crippen LogP contribution in [0.5, 0.6) is 0 Å². The Labute approximate surface area is 101 Å². The number of hydrogen-bond donors (Lipinski definition) is 3. The van der Waals surface area contributed by atoms with Gasteiger partial charge in [0.15, 0.2) is 0 Å². The fourth-order valence-corrected chi connectivity index (χ4v) is 1.50. The van der Waals surface area contributed by atoms with Gasteiger partial charge < -0.3 is 15.5 Å². The number of aliphatic hydroxyl groups excluding tert-OH is 1. The molecular weight excluding hydrogens is 218 g/mol. The van der Waals surface area contributed by atoms with Crippen LogP contribution in [-0.2, 0) is 11.2 Å². The molecule has 1 aromatic carbocycles. The van der Waals surface area contributed by atoms with E-state index in [2.05, 4.69) is 5.32 Å². The maximum Gasteiger partial charge on any atom is 0.321 e. The monoisotopic (exact) mass is 237 g/mol. The molecule has 0 radical (unpaired) electrons. The number of carboxylic acids is 1. The maximum absolute atomic E-state index is 11.1. The van der Waals surface area contributed by atoms with Crippen LogP contribution in [0.1, 0.15) is 12.5 Å². The highest BCUT2D eigenvalue weighted by molar-refractivity contribution is 5.73. The zero-order valence-electron chi connectivity index (χ0n) is 9.97. The Balaban J connectivity index is 2.52. The summed E-state index contributed by atoms with van der Waals surface area (Å²) in [6.45, 7) is 2.43. The molecule has 94 valence electrons. The quantitative estimate of drug-likeness (QED) is 0.659. The molecule has 17 heavy (non-hydrogen) atoms. The van der Waals surface area contributed by atoms with Crippen molar-refractivity contribution in [3.63, 3.8) is 0 Å². The molecule has 0 aliphatic rings. The van der Waals surface area contributed by atoms with Gasteiger partial charge in [-0.05, 0) is 17.9 Å². The van der Waals surface area contributed by atoms with Crippen LogP contribution in [0.2, 0.25) is 0 Å². The fraction of sp³-hybridized carbons (Fsp3) is 0.462. The van der Waals surface area contributed by atoms with Gasteiger partial charge in [0.2, 0.25) is 0 Å². The van der Waals surface area contributed by atoms with E-state index in [4.69, 9.17) is 10.2 Å². The number of rotatable bonds is 7. The highest BCUT2D eigenvalue weighted by atomic mass is 16.4. The molecule has 3 N–H and O–H groups in total. The first kappa shape index (κ1) is 13.7. The van der Waals surface area contributed by atoms with Gasteiger partial charge in [-0.1, -0.05) is 37.3 Å². The van der Waals surface area contributed by atoms with Crippen LogP contribution in [0.3, 0.4) is 0 Å². The average molecular weight is 237 g/mol. The normalized spacial score (nSPS) is 14.2. The molecule has 2 atom stereocenters. The van der Waals surface area contributed by atoms with Crippen molar-refractivity contribution in [3.8, 4) is 0 Å². The molecule has 0 heterocycles. The predicted molar refractivity (Wildman–Crippen MR) is 65.8 cm³/mol. The highest BCUT2D eigenvalue weighted by Crippen LogP contribution is 2.04. The van der Waals surface area contributed by atoms with E-state index < -0.39 is 12.0 Å². The molecule has 0 spiro atoms. The first-order valence-electron chi connectivity index (χ1n) is 5.74. The smallest absolute Gasteiger partial charge is 0.321 e. The Morgan fingerprint density at radius 3 is 2.53 bits per heavy atom. The third-order valence-electron chi connectivity index (χ3n) is 2.61. The number of hydrogen-bond acceptors (Lipinski definition) is 3. The molecule has 1 aromatic rings. The van der Waals surface area contributed by atoms with Gasteiger partial charge in [-0.25, -0.2) is 0 Å². The van der Waals surface area contributed by atoms with Gasteiger partial charge in [-0.3, -0.25) is 4.79 Å². The van der Waals surface area contributed by atoms with Crippen LogP contribution >= 0.6 is 0 Å². The Kier molecular flexibility index (Phi) is 5.66. The first-order chi connectivity index (χ1) is 8.13. The summed E-state index contributed by atoms with van der Waals surface area (Å²) in [5.74, 6) is -0.799. The van der Waals surface area contributed by atoms with Crippen molar-refractivity contribution >= 4 is 5.97 Å². The van der Waals surface area contributed by atoms with Gasteiger partial charge in [-0.15, -0.1) is 0 Å². The number of nitrogens with one attached hydrogen (secondary N) is 1. The molecule has 0 saturated carbocycles. The predicted octanol–water partition coefficient (Wildman–Crippen LogP) is 0.900. The molecular formula is C13H19NO3. The molecule has 1 rings (SSSR count). The lowest BCUT2D eigenvalue weighted by Crippen LogP contribution is -2.41. The largest absolute Gasteiger partial charge is 0.480 e. The SMILES string of the molecule is C[C@@H](CO)CN[C@@H](Cc1ccccc1)C(=O)O. The molecule has 0 amide bonds. The average Bonchev–Trinajstić information content (AvgIpc) is 2.34. The van der Waals surface area contributed by atoms with Crippen LogP contribution in [0.25, 0.3) is 0 Å². The minimum atomic E-state index is -0.862. The van der Waals surface area contributed by atoms with Crippen molar-refractivity contribution in [1.82, 2.24) is 5.32 Å². The summed E-state index contributed by atoms with van der Waals surface area (Å²) in [6, 6.07) is 8.90. The van der Waals surface area contributed by atoms with E-state index in [-0.39, 0.29) is 12.5 Å². The standard InChI is InChI=1S/C13H19NO3/c1-10(9-15)8-14-12(13(16)17)7-11-5-3-2-4-6-11/h2-6,10,12,14-15H,7-9H2,1H3,(H,16,17)/t10-,12+/m1/s1. The fourth-order valence-electron chi connectivity index (χ4n) is 1.50. The van der Waals surface area contributed by atoms with Gasteiger partial charge in [0, 0.05) is 13.2 Å². The third kappa shape index (κ3) is 4.97. The summed E-state index contributed by atoms with van der Waals surface area (Å²) in [4.78, 5) is 11.1. The Hall–Kier alpha value is -1.39. The molecule has 4 nitrogen and oxygen atoms in total. The van der Waals surface area contributed by atoms with Crippen molar-refractivity contribution in [3.05, 3.63) is 35.9 Å². The van der Waals surface area contributed by atoms with Crippen LogP contribution in [0, 0.1) is 5.92 Å². The molecule has 4 heteroatoms. The number of aliphatic hydroxyl groups is 1. The van der Waals surface area contributed by atoms with Crippen LogP contribution < -0.4 is 5.32 Å². The lowest BCUT2D eigenvalue weighted by molar-refractivity contribution is -0.139. The van der Waals surface area contributed by atoms with E-state index >= 15 is 0 Å². The van der Waals surface area contributed by atoms with Crippen LogP contribution in [-0.4, -0.2) is 35.4 Å². The maximum atomic E-state index is 11.1. The van der Waals surface area contributed by atoms with Crippen molar-refractivity contribution in [1.29, 1.82) is 0 Å². The Morgan fingerprint density at radius 2 is 2.00 bits per heavy atom.